The maximum Gasteiger partial charge on any atom is 0.310 e. The van der Waals surface area contributed by atoms with Gasteiger partial charge in [0.15, 0.2) is 0 Å². The van der Waals surface area contributed by atoms with E-state index in [1.165, 1.54) is 0 Å². The molecule has 0 aliphatic rings. The molecule has 0 bridgehead atoms. The van der Waals surface area contributed by atoms with Crippen LogP contribution in [0, 0.1) is 5.92 Å². The molecule has 0 heterocycles. The van der Waals surface area contributed by atoms with Crippen LogP contribution < -0.4 is 0 Å². The number of benzene rings is 2. The number of aldehydes is 1. The Morgan fingerprint density at radius 2 is 1.52 bits per heavy atom. The van der Waals surface area contributed by atoms with Crippen molar-refractivity contribution in [3.05, 3.63) is 71.8 Å². The van der Waals surface area contributed by atoms with E-state index in [2.05, 4.69) is 0 Å². The van der Waals surface area contributed by atoms with Gasteiger partial charge in [-0.1, -0.05) is 60.7 Å². The molecule has 108 valence electrons. The van der Waals surface area contributed by atoms with Crippen LogP contribution in [0.5, 0.6) is 0 Å². The first-order valence-corrected chi connectivity index (χ1v) is 6.97. The number of hydrogen-bond donors (Lipinski definition) is 0. The summed E-state index contributed by atoms with van der Waals surface area (Å²) in [5.41, 5.74) is 1.97. The molecule has 3 heteroatoms. The number of rotatable bonds is 7. The normalized spacial score (nSPS) is 11.6. The van der Waals surface area contributed by atoms with Gasteiger partial charge in [0.2, 0.25) is 0 Å². The van der Waals surface area contributed by atoms with Crippen LogP contribution in [0.3, 0.4) is 0 Å². The van der Waals surface area contributed by atoms with Gasteiger partial charge in [-0.2, -0.15) is 0 Å². The van der Waals surface area contributed by atoms with E-state index in [4.69, 9.17) is 4.74 Å². The number of ether oxygens (including phenoxy) is 1. The molecule has 0 fully saturated rings. The van der Waals surface area contributed by atoms with Crippen molar-refractivity contribution in [2.24, 2.45) is 5.92 Å². The van der Waals surface area contributed by atoms with Crippen molar-refractivity contribution in [2.45, 2.75) is 19.4 Å². The minimum atomic E-state index is -0.423. The first-order valence-electron chi connectivity index (χ1n) is 6.97. The van der Waals surface area contributed by atoms with E-state index in [0.717, 1.165) is 17.4 Å². The predicted octanol–water partition coefficient (Wildman–Crippen LogP) is 3.18. The molecule has 0 amide bonds. The van der Waals surface area contributed by atoms with Crippen LogP contribution in [0.4, 0.5) is 0 Å². The van der Waals surface area contributed by atoms with Crippen molar-refractivity contribution in [1.82, 2.24) is 0 Å². The van der Waals surface area contributed by atoms with Crippen molar-refractivity contribution in [1.29, 1.82) is 0 Å². The smallest absolute Gasteiger partial charge is 0.310 e. The van der Waals surface area contributed by atoms with Crippen LogP contribution in [0.1, 0.15) is 17.5 Å². The molecular formula is C18H18O3. The van der Waals surface area contributed by atoms with E-state index in [-0.39, 0.29) is 19.0 Å². The van der Waals surface area contributed by atoms with Gasteiger partial charge in [-0.05, 0) is 17.5 Å². The molecule has 3 nitrogen and oxygen atoms in total. The standard InChI is InChI=1S/C18H18O3/c19-12-11-17(13-15-7-3-1-4-8-15)18(20)21-14-16-9-5-2-6-10-16/h1-10,12,17H,11,13-14H2/t17-/m0/s1. The first kappa shape index (κ1) is 15.0. The Morgan fingerprint density at radius 1 is 0.952 bits per heavy atom. The van der Waals surface area contributed by atoms with Crippen LogP contribution in [-0.4, -0.2) is 12.3 Å². The van der Waals surface area contributed by atoms with Crippen molar-refractivity contribution in [3.63, 3.8) is 0 Å². The Kier molecular flexibility index (Phi) is 5.71. The van der Waals surface area contributed by atoms with Gasteiger partial charge in [0, 0.05) is 6.42 Å². The molecule has 2 rings (SSSR count). The number of carbonyl (C=O) groups is 2. The van der Waals surface area contributed by atoms with Crippen LogP contribution in [0.25, 0.3) is 0 Å². The molecular weight excluding hydrogens is 264 g/mol. The van der Waals surface area contributed by atoms with Crippen LogP contribution >= 0.6 is 0 Å². The summed E-state index contributed by atoms with van der Waals surface area (Å²) in [5.74, 6) is -0.747. The van der Waals surface area contributed by atoms with Gasteiger partial charge in [-0.15, -0.1) is 0 Å². The highest BCUT2D eigenvalue weighted by Gasteiger charge is 2.20. The second kappa shape index (κ2) is 8.00. The predicted molar refractivity (Wildman–Crippen MR) is 80.6 cm³/mol. The summed E-state index contributed by atoms with van der Waals surface area (Å²) in [6.45, 7) is 0.240. The summed E-state index contributed by atoms with van der Waals surface area (Å²) in [4.78, 5) is 22.9. The van der Waals surface area contributed by atoms with Crippen molar-refractivity contribution in [3.8, 4) is 0 Å². The number of esters is 1. The Morgan fingerprint density at radius 3 is 2.10 bits per heavy atom. The van der Waals surface area contributed by atoms with E-state index >= 15 is 0 Å². The highest BCUT2D eigenvalue weighted by atomic mass is 16.5. The maximum absolute atomic E-state index is 12.1. The lowest BCUT2D eigenvalue weighted by molar-refractivity contribution is -0.150. The monoisotopic (exact) mass is 282 g/mol. The average Bonchev–Trinajstić information content (AvgIpc) is 2.54. The molecule has 0 aliphatic heterocycles. The summed E-state index contributed by atoms with van der Waals surface area (Å²) in [7, 11) is 0. The number of carbonyl (C=O) groups excluding carboxylic acids is 2. The van der Waals surface area contributed by atoms with Crippen molar-refractivity contribution in [2.75, 3.05) is 0 Å². The zero-order valence-electron chi connectivity index (χ0n) is 11.8. The van der Waals surface area contributed by atoms with Crippen molar-refractivity contribution >= 4 is 12.3 Å². The molecule has 0 radical (unpaired) electrons. The lowest BCUT2D eigenvalue weighted by atomic mass is 9.97. The van der Waals surface area contributed by atoms with Gasteiger partial charge in [0.25, 0.3) is 0 Å². The van der Waals surface area contributed by atoms with E-state index in [1.807, 2.05) is 60.7 Å². The lowest BCUT2D eigenvalue weighted by Crippen LogP contribution is -2.20. The second-order valence-corrected chi connectivity index (χ2v) is 4.88. The average molecular weight is 282 g/mol. The Hall–Kier alpha value is -2.42. The van der Waals surface area contributed by atoms with Gasteiger partial charge in [0.05, 0.1) is 5.92 Å². The fourth-order valence-electron chi connectivity index (χ4n) is 2.12. The Labute approximate surface area is 124 Å². The van der Waals surface area contributed by atoms with Gasteiger partial charge >= 0.3 is 5.97 Å². The third-order valence-electron chi connectivity index (χ3n) is 3.26. The fourth-order valence-corrected chi connectivity index (χ4v) is 2.12. The quantitative estimate of drug-likeness (QED) is 0.578. The summed E-state index contributed by atoms with van der Waals surface area (Å²) < 4.78 is 5.32. The molecule has 2 aromatic carbocycles. The summed E-state index contributed by atoms with van der Waals surface area (Å²) in [5, 5.41) is 0. The molecule has 1 atom stereocenters. The molecule has 0 unspecified atom stereocenters. The highest BCUT2D eigenvalue weighted by molar-refractivity contribution is 5.75. The highest BCUT2D eigenvalue weighted by Crippen LogP contribution is 2.14. The summed E-state index contributed by atoms with van der Waals surface area (Å²) in [6, 6.07) is 19.2. The Bertz CT molecular complexity index is 564. The minimum absolute atomic E-state index is 0.183. The fraction of sp³-hybridized carbons (Fsp3) is 0.222. The molecule has 0 aromatic heterocycles. The van der Waals surface area contributed by atoms with Crippen LogP contribution in [0.2, 0.25) is 0 Å². The van der Waals surface area contributed by atoms with Gasteiger partial charge in [-0.25, -0.2) is 0 Å². The minimum Gasteiger partial charge on any atom is -0.461 e. The van der Waals surface area contributed by atoms with E-state index in [9.17, 15) is 9.59 Å². The van der Waals surface area contributed by atoms with Crippen LogP contribution in [-0.2, 0) is 27.4 Å². The molecule has 0 aliphatic carbocycles. The molecule has 21 heavy (non-hydrogen) atoms. The van der Waals surface area contributed by atoms with Gasteiger partial charge in [0.1, 0.15) is 12.9 Å². The lowest BCUT2D eigenvalue weighted by Gasteiger charge is -2.14. The molecule has 0 spiro atoms. The van der Waals surface area contributed by atoms with Crippen LogP contribution in [0.15, 0.2) is 60.7 Å². The first-order chi connectivity index (χ1) is 10.3. The second-order valence-electron chi connectivity index (χ2n) is 4.88. The van der Waals surface area contributed by atoms with Crippen molar-refractivity contribution < 1.29 is 14.3 Å². The number of hydrogen-bond acceptors (Lipinski definition) is 3. The third kappa shape index (κ3) is 4.88. The largest absolute Gasteiger partial charge is 0.461 e. The molecule has 0 saturated heterocycles. The zero-order valence-corrected chi connectivity index (χ0v) is 11.8. The van der Waals surface area contributed by atoms with E-state index in [1.54, 1.807) is 0 Å². The van der Waals surface area contributed by atoms with Gasteiger partial charge < -0.3 is 9.53 Å². The van der Waals surface area contributed by atoms with E-state index < -0.39 is 5.92 Å². The SMILES string of the molecule is O=CC[C@@H](Cc1ccccc1)C(=O)OCc1ccccc1. The zero-order chi connectivity index (χ0) is 14.9. The third-order valence-corrected chi connectivity index (χ3v) is 3.26. The molecule has 0 saturated carbocycles. The van der Waals surface area contributed by atoms with E-state index in [0.29, 0.717) is 6.42 Å². The topological polar surface area (TPSA) is 43.4 Å². The summed E-state index contributed by atoms with van der Waals surface area (Å²) >= 11 is 0. The molecule has 0 N–H and O–H groups in total. The van der Waals surface area contributed by atoms with Gasteiger partial charge in [-0.3, -0.25) is 4.79 Å². The maximum atomic E-state index is 12.1. The molecule has 2 aromatic rings. The summed E-state index contributed by atoms with van der Waals surface area (Å²) in [6.07, 6.45) is 1.48. The Balaban J connectivity index is 1.94.